The summed E-state index contributed by atoms with van der Waals surface area (Å²) >= 11 is 0. The largest absolute Gasteiger partial charge is 0.492 e. The van der Waals surface area contributed by atoms with Gasteiger partial charge >= 0.3 is 12.1 Å². The number of alkyl halides is 3. The maximum Gasteiger partial charge on any atom is 0.491 e. The van der Waals surface area contributed by atoms with Crippen LogP contribution < -0.4 is 20.5 Å². The van der Waals surface area contributed by atoms with Crippen LogP contribution in [0.4, 0.5) is 30.8 Å². The van der Waals surface area contributed by atoms with E-state index in [0.717, 1.165) is 25.0 Å². The van der Waals surface area contributed by atoms with Crippen LogP contribution in [0, 0.1) is 13.8 Å². The molecule has 0 amide bonds. The minimum atomic E-state index is -5.22. The number of aromatic nitrogens is 4. The quantitative estimate of drug-likeness (QED) is 0.226. The summed E-state index contributed by atoms with van der Waals surface area (Å²) in [6.07, 6.45) is -5.22. The fraction of sp³-hybridized carbons (Fsp3) is 0.346. The first-order valence-corrected chi connectivity index (χ1v) is 12.3. The number of hydrogen-bond donors (Lipinski definition) is 2. The average Bonchev–Trinajstić information content (AvgIpc) is 2.87. The van der Waals surface area contributed by atoms with E-state index in [-0.39, 0.29) is 28.5 Å². The minimum Gasteiger partial charge on any atom is -0.492 e. The second-order valence-corrected chi connectivity index (χ2v) is 8.79. The van der Waals surface area contributed by atoms with Crippen LogP contribution in [0.2, 0.25) is 0 Å². The normalized spacial score (nSPS) is 11.8. The number of nitrogens with zero attached hydrogens (tertiary/aromatic N) is 5. The number of nitrogens with two attached hydrogens (primary N) is 1. The molecule has 13 heteroatoms. The van der Waals surface area contributed by atoms with Crippen molar-refractivity contribution < 1.29 is 27.4 Å². The van der Waals surface area contributed by atoms with Crippen molar-refractivity contribution in [3.63, 3.8) is 0 Å². The molecule has 2 heterocycles. The molecule has 10 nitrogen and oxygen atoms in total. The van der Waals surface area contributed by atoms with E-state index in [1.165, 1.54) is 6.07 Å². The summed E-state index contributed by atoms with van der Waals surface area (Å²) in [5, 5.41) is 3.64. The third kappa shape index (κ3) is 6.42. The van der Waals surface area contributed by atoms with Crippen molar-refractivity contribution in [1.82, 2.24) is 24.8 Å². The number of anilines is 3. The van der Waals surface area contributed by atoms with Crippen molar-refractivity contribution in [2.75, 3.05) is 37.3 Å². The highest BCUT2D eigenvalue weighted by Crippen LogP contribution is 2.31. The molecule has 0 atom stereocenters. The molecule has 2 aromatic heterocycles. The zero-order valence-corrected chi connectivity index (χ0v) is 21.9. The molecular formula is C26H28F3N7O3. The summed E-state index contributed by atoms with van der Waals surface area (Å²) in [7, 11) is 0. The molecule has 0 spiro atoms. The van der Waals surface area contributed by atoms with Gasteiger partial charge in [0.15, 0.2) is 0 Å². The third-order valence-electron chi connectivity index (χ3n) is 6.05. The number of benzene rings is 2. The van der Waals surface area contributed by atoms with Crippen LogP contribution in [0.25, 0.3) is 21.8 Å². The van der Waals surface area contributed by atoms with Gasteiger partial charge in [-0.25, -0.2) is 19.7 Å². The van der Waals surface area contributed by atoms with Crippen LogP contribution in [0.5, 0.6) is 11.6 Å². The van der Waals surface area contributed by atoms with E-state index >= 15 is 0 Å². The highest BCUT2D eigenvalue weighted by Gasteiger charge is 2.42. The average molecular weight is 544 g/mol. The lowest BCUT2D eigenvalue weighted by Crippen LogP contribution is -2.28. The molecule has 0 saturated carbocycles. The molecule has 0 aliphatic carbocycles. The van der Waals surface area contributed by atoms with Crippen molar-refractivity contribution in [3.8, 4) is 11.6 Å². The molecule has 0 unspecified atom stereocenters. The maximum absolute atomic E-state index is 12.9. The summed E-state index contributed by atoms with van der Waals surface area (Å²) in [5.41, 5.74) is 8.12. The molecule has 0 radical (unpaired) electrons. The zero-order chi connectivity index (χ0) is 28.3. The topological polar surface area (TPSA) is 128 Å². The third-order valence-corrected chi connectivity index (χ3v) is 6.05. The summed E-state index contributed by atoms with van der Waals surface area (Å²) in [5.74, 6) is -2.37. The SMILES string of the molecule is CCN(CC)CCOc1ccc2nc(Nc3nc(OC(=O)C(F)(F)F)c4cc(N)cc(C)c4n3)nc(C)c2c1. The molecular weight excluding hydrogens is 515 g/mol. The number of hydrogen-bond acceptors (Lipinski definition) is 10. The Bertz CT molecular complexity index is 1520. The number of likely N-dealkylation sites (N-methyl/N-ethyl adjacent to an activating group) is 1. The first-order chi connectivity index (χ1) is 18.5. The number of rotatable bonds is 9. The van der Waals surface area contributed by atoms with Crippen LogP contribution in [0.3, 0.4) is 0 Å². The lowest BCUT2D eigenvalue weighted by atomic mass is 10.1. The van der Waals surface area contributed by atoms with Crippen molar-refractivity contribution in [2.45, 2.75) is 33.9 Å². The van der Waals surface area contributed by atoms with E-state index < -0.39 is 18.0 Å². The number of esters is 1. The number of aryl methyl sites for hydroxylation is 2. The molecule has 206 valence electrons. The highest BCUT2D eigenvalue weighted by molar-refractivity contribution is 5.92. The number of fused-ring (bicyclic) bond motifs is 2. The fourth-order valence-electron chi connectivity index (χ4n) is 4.02. The van der Waals surface area contributed by atoms with Gasteiger partial charge in [-0.2, -0.15) is 18.2 Å². The van der Waals surface area contributed by atoms with Crippen LogP contribution in [0.1, 0.15) is 25.1 Å². The molecule has 0 fully saturated rings. The van der Waals surface area contributed by atoms with Gasteiger partial charge in [0, 0.05) is 17.6 Å². The van der Waals surface area contributed by atoms with E-state index in [4.69, 9.17) is 10.5 Å². The van der Waals surface area contributed by atoms with Crippen LogP contribution >= 0.6 is 0 Å². The molecule has 3 N–H and O–H groups in total. The predicted octanol–water partition coefficient (Wildman–Crippen LogP) is 4.70. The molecule has 0 aliphatic rings. The van der Waals surface area contributed by atoms with Gasteiger partial charge in [-0.05, 0) is 62.8 Å². The van der Waals surface area contributed by atoms with E-state index in [1.807, 2.05) is 6.07 Å². The zero-order valence-electron chi connectivity index (χ0n) is 21.9. The van der Waals surface area contributed by atoms with Crippen molar-refractivity contribution in [1.29, 1.82) is 0 Å². The van der Waals surface area contributed by atoms with Gasteiger partial charge in [0.05, 0.1) is 22.1 Å². The predicted molar refractivity (Wildman–Crippen MR) is 141 cm³/mol. The number of nitrogens with one attached hydrogen (secondary N) is 1. The summed E-state index contributed by atoms with van der Waals surface area (Å²) in [6.45, 7) is 10.9. The Morgan fingerprint density at radius 2 is 1.72 bits per heavy atom. The van der Waals surface area contributed by atoms with E-state index in [1.54, 1.807) is 32.0 Å². The van der Waals surface area contributed by atoms with Gasteiger partial charge in [-0.1, -0.05) is 13.8 Å². The molecule has 0 aliphatic heterocycles. The molecule has 4 aromatic rings. The first kappa shape index (κ1) is 27.8. The Balaban J connectivity index is 1.64. The molecule has 0 bridgehead atoms. The smallest absolute Gasteiger partial charge is 0.491 e. The van der Waals surface area contributed by atoms with E-state index in [2.05, 4.69) is 48.7 Å². The summed E-state index contributed by atoms with van der Waals surface area (Å²) in [6, 6.07) is 8.37. The van der Waals surface area contributed by atoms with Gasteiger partial charge in [-0.15, -0.1) is 0 Å². The lowest BCUT2D eigenvalue weighted by molar-refractivity contribution is -0.189. The fourth-order valence-corrected chi connectivity index (χ4v) is 4.02. The second kappa shape index (κ2) is 11.2. The molecule has 39 heavy (non-hydrogen) atoms. The minimum absolute atomic E-state index is 0.0554. The molecule has 0 saturated heterocycles. The molecule has 4 rings (SSSR count). The van der Waals surface area contributed by atoms with Gasteiger partial charge in [0.1, 0.15) is 12.4 Å². The van der Waals surface area contributed by atoms with Crippen molar-refractivity contribution >= 4 is 45.4 Å². The first-order valence-electron chi connectivity index (χ1n) is 12.3. The highest BCUT2D eigenvalue weighted by atomic mass is 19.4. The maximum atomic E-state index is 12.9. The van der Waals surface area contributed by atoms with Gasteiger partial charge < -0.3 is 20.1 Å². The number of ether oxygens (including phenoxy) is 2. The number of carbonyl (C=O) groups is 1. The lowest BCUT2D eigenvalue weighted by Gasteiger charge is -2.18. The van der Waals surface area contributed by atoms with Crippen molar-refractivity contribution in [2.24, 2.45) is 0 Å². The molecule has 2 aromatic carbocycles. The van der Waals surface area contributed by atoms with Crippen LogP contribution in [-0.2, 0) is 4.79 Å². The van der Waals surface area contributed by atoms with E-state index in [9.17, 15) is 18.0 Å². The Morgan fingerprint density at radius 1 is 1.00 bits per heavy atom. The number of carbonyl (C=O) groups excluding carboxylic acids is 1. The summed E-state index contributed by atoms with van der Waals surface area (Å²) < 4.78 is 49.2. The number of halogens is 3. The number of nitrogen functional groups attached to an aromatic ring is 1. The summed E-state index contributed by atoms with van der Waals surface area (Å²) in [4.78, 5) is 31.1. The van der Waals surface area contributed by atoms with Gasteiger partial charge in [0.25, 0.3) is 0 Å². The Hall–Kier alpha value is -4.26. The van der Waals surface area contributed by atoms with Gasteiger partial charge in [0.2, 0.25) is 17.8 Å². The van der Waals surface area contributed by atoms with Crippen LogP contribution in [0.15, 0.2) is 30.3 Å². The monoisotopic (exact) mass is 543 g/mol. The second-order valence-electron chi connectivity index (χ2n) is 8.79. The Morgan fingerprint density at radius 3 is 2.41 bits per heavy atom. The van der Waals surface area contributed by atoms with Gasteiger partial charge in [-0.3, -0.25) is 5.32 Å². The van der Waals surface area contributed by atoms with E-state index in [0.29, 0.717) is 29.1 Å². The standard InChI is InChI=1S/C26H28F3N7O3/c1-5-36(6-2)9-10-38-17-7-8-20-18(13-17)15(4)31-24(32-20)35-25-33-21-14(3)11-16(30)12-19(21)22(34-25)39-23(37)26(27,28)29/h7-8,11-13H,5-6,9-10,30H2,1-4H3,(H,31,32,33,34,35). The van der Waals surface area contributed by atoms with Crippen LogP contribution in [-0.4, -0.2) is 63.2 Å². The van der Waals surface area contributed by atoms with Crippen molar-refractivity contribution in [3.05, 3.63) is 41.6 Å². The Labute approximate surface area is 222 Å². The Kier molecular flexibility index (Phi) is 8.00.